The average molecular weight is 422 g/mol. The lowest BCUT2D eigenvalue weighted by Crippen LogP contribution is -2.39. The Balaban J connectivity index is 0.00000225. The molecule has 2 aliphatic rings. The number of carbonyl (C=O) groups excluding carboxylic acids is 1. The highest BCUT2D eigenvalue weighted by atomic mass is 35.5. The monoisotopic (exact) mass is 421 g/mol. The molecule has 4 rings (SSSR count). The predicted octanol–water partition coefficient (Wildman–Crippen LogP) is 4.17. The van der Waals surface area contributed by atoms with E-state index in [4.69, 9.17) is 0 Å². The van der Waals surface area contributed by atoms with Gasteiger partial charge in [-0.1, -0.05) is 0 Å². The minimum atomic E-state index is -0.421. The summed E-state index contributed by atoms with van der Waals surface area (Å²) in [5, 5.41) is 18.5. The summed E-state index contributed by atoms with van der Waals surface area (Å²) in [5.41, 5.74) is 2.63. The van der Waals surface area contributed by atoms with E-state index in [9.17, 15) is 14.9 Å². The van der Waals surface area contributed by atoms with Gasteiger partial charge in [0.25, 0.3) is 11.6 Å². The van der Waals surface area contributed by atoms with Gasteiger partial charge in [0.05, 0.1) is 4.92 Å². The fraction of sp³-hybridized carbons (Fsp3) is 0.450. The van der Waals surface area contributed by atoms with Gasteiger partial charge in [0, 0.05) is 30.3 Å². The molecule has 1 aliphatic heterocycles. The molecule has 2 fully saturated rings. The van der Waals surface area contributed by atoms with E-state index in [1.54, 1.807) is 24.3 Å². The van der Waals surface area contributed by atoms with Crippen molar-refractivity contribution in [1.29, 1.82) is 0 Å². The van der Waals surface area contributed by atoms with Gasteiger partial charge in [-0.3, -0.25) is 14.9 Å². The number of amides is 1. The van der Waals surface area contributed by atoms with Gasteiger partial charge in [0.2, 0.25) is 0 Å². The molecular weight excluding hydrogens is 398 g/mol. The van der Waals surface area contributed by atoms with Gasteiger partial charge in [0.15, 0.2) is 0 Å². The Morgan fingerprint density at radius 1 is 1.36 bits per heavy atom. The number of nitrogens with zero attached hydrogens (tertiary/aromatic N) is 2. The Labute approximate surface area is 174 Å². The van der Waals surface area contributed by atoms with Gasteiger partial charge in [-0.25, -0.2) is 0 Å². The molecule has 2 aromatic rings. The lowest BCUT2D eigenvalue weighted by molar-refractivity contribution is -0.384. The van der Waals surface area contributed by atoms with Crippen molar-refractivity contribution in [2.45, 2.75) is 38.8 Å². The second kappa shape index (κ2) is 8.19. The second-order valence-corrected chi connectivity index (χ2v) is 8.43. The number of non-ortho nitro benzene ring substituents is 1. The fourth-order valence-corrected chi connectivity index (χ4v) is 4.95. The summed E-state index contributed by atoms with van der Waals surface area (Å²) in [7, 11) is 0. The number of benzene rings is 1. The summed E-state index contributed by atoms with van der Waals surface area (Å²) >= 11 is 1.63. The lowest BCUT2D eigenvalue weighted by atomic mass is 9.93. The molecule has 1 spiro atoms. The van der Waals surface area contributed by atoms with E-state index in [1.165, 1.54) is 12.1 Å². The molecule has 150 valence electrons. The van der Waals surface area contributed by atoms with Crippen LogP contribution in [0.4, 0.5) is 5.69 Å². The molecule has 1 saturated carbocycles. The lowest BCUT2D eigenvalue weighted by Gasteiger charge is -2.30. The van der Waals surface area contributed by atoms with Gasteiger partial charge in [-0.05, 0) is 78.7 Å². The van der Waals surface area contributed by atoms with Crippen LogP contribution in [0.15, 0.2) is 35.0 Å². The molecule has 1 amide bonds. The SMILES string of the molecule is Cc1cc([N+](=O)[O-])ccc1C(=O)N(Cc1ccsc1)C1CC12CCNCC2.Cl. The normalized spacial score (nSPS) is 19.7. The highest BCUT2D eigenvalue weighted by Crippen LogP contribution is 2.56. The van der Waals surface area contributed by atoms with Crippen LogP contribution in [0.5, 0.6) is 0 Å². The Morgan fingerprint density at radius 3 is 2.71 bits per heavy atom. The average Bonchev–Trinajstić information content (AvgIpc) is 3.09. The predicted molar refractivity (Wildman–Crippen MR) is 112 cm³/mol. The third-order valence-electron chi connectivity index (χ3n) is 5.97. The van der Waals surface area contributed by atoms with E-state index in [-0.39, 0.29) is 35.5 Å². The van der Waals surface area contributed by atoms with Crippen molar-refractivity contribution < 1.29 is 9.72 Å². The Kier molecular flexibility index (Phi) is 6.07. The number of hydrogen-bond donors (Lipinski definition) is 1. The smallest absolute Gasteiger partial charge is 0.269 e. The first-order valence-corrected chi connectivity index (χ1v) is 10.2. The van der Waals surface area contributed by atoms with Crippen molar-refractivity contribution >= 4 is 35.3 Å². The van der Waals surface area contributed by atoms with Crippen LogP contribution >= 0.6 is 23.7 Å². The van der Waals surface area contributed by atoms with Gasteiger partial charge >= 0.3 is 0 Å². The number of nitro groups is 1. The Bertz CT molecular complexity index is 866. The van der Waals surface area contributed by atoms with Crippen LogP contribution < -0.4 is 5.32 Å². The Hall–Kier alpha value is -1.96. The molecule has 1 unspecified atom stereocenters. The maximum absolute atomic E-state index is 13.4. The maximum Gasteiger partial charge on any atom is 0.269 e. The van der Waals surface area contributed by atoms with Crippen molar-refractivity contribution in [3.05, 3.63) is 61.8 Å². The summed E-state index contributed by atoms with van der Waals surface area (Å²) in [6, 6.07) is 6.83. The molecule has 1 saturated heterocycles. The first kappa shape index (κ1) is 20.8. The number of hydrogen-bond acceptors (Lipinski definition) is 5. The van der Waals surface area contributed by atoms with E-state index >= 15 is 0 Å². The number of thiophene rings is 1. The van der Waals surface area contributed by atoms with Crippen LogP contribution in [0.1, 0.15) is 40.7 Å². The highest BCUT2D eigenvalue weighted by molar-refractivity contribution is 7.07. The number of nitro benzene ring substituents is 1. The fourth-order valence-electron chi connectivity index (χ4n) is 4.29. The number of carbonyl (C=O) groups is 1. The largest absolute Gasteiger partial charge is 0.331 e. The summed E-state index contributed by atoms with van der Waals surface area (Å²) in [4.78, 5) is 26.0. The van der Waals surface area contributed by atoms with Crippen LogP contribution in [0.3, 0.4) is 0 Å². The summed E-state index contributed by atoms with van der Waals surface area (Å²) < 4.78 is 0. The summed E-state index contributed by atoms with van der Waals surface area (Å²) in [5.74, 6) is -0.0194. The molecule has 1 aromatic carbocycles. The molecule has 1 aromatic heterocycles. The minimum Gasteiger partial charge on any atom is -0.331 e. The second-order valence-electron chi connectivity index (χ2n) is 7.65. The summed E-state index contributed by atoms with van der Waals surface area (Å²) in [6.45, 7) is 4.38. The standard InChI is InChI=1S/C20H23N3O3S.ClH/c1-14-10-16(23(25)26)2-3-17(14)19(24)22(12-15-4-9-27-13-15)18-11-20(18)5-7-21-8-6-20;/h2-4,9-10,13,18,21H,5-8,11-12H2,1H3;1H. The molecule has 0 radical (unpaired) electrons. The third kappa shape index (κ3) is 3.92. The number of nitrogens with one attached hydrogen (secondary N) is 1. The van der Waals surface area contributed by atoms with Crippen LogP contribution in [0.2, 0.25) is 0 Å². The van der Waals surface area contributed by atoms with Crippen LogP contribution in [-0.4, -0.2) is 34.9 Å². The zero-order valence-corrected chi connectivity index (χ0v) is 17.4. The third-order valence-corrected chi connectivity index (χ3v) is 6.70. The van der Waals surface area contributed by atoms with Crippen molar-refractivity contribution in [3.8, 4) is 0 Å². The van der Waals surface area contributed by atoms with Crippen molar-refractivity contribution in [1.82, 2.24) is 10.2 Å². The molecule has 1 aliphatic carbocycles. The number of halogens is 1. The maximum atomic E-state index is 13.4. The minimum absolute atomic E-state index is 0. The highest BCUT2D eigenvalue weighted by Gasteiger charge is 2.57. The van der Waals surface area contributed by atoms with Crippen molar-refractivity contribution in [3.63, 3.8) is 0 Å². The zero-order chi connectivity index (χ0) is 19.0. The molecule has 1 atom stereocenters. The molecule has 2 heterocycles. The van der Waals surface area contributed by atoms with E-state index in [0.29, 0.717) is 17.7 Å². The molecule has 1 N–H and O–H groups in total. The zero-order valence-electron chi connectivity index (χ0n) is 15.7. The number of aryl methyl sites for hydroxylation is 1. The van der Waals surface area contributed by atoms with Crippen LogP contribution in [-0.2, 0) is 6.54 Å². The van der Waals surface area contributed by atoms with Gasteiger partial charge < -0.3 is 10.2 Å². The van der Waals surface area contributed by atoms with Crippen molar-refractivity contribution in [2.75, 3.05) is 13.1 Å². The first-order chi connectivity index (χ1) is 13.0. The van der Waals surface area contributed by atoms with Crippen LogP contribution in [0.25, 0.3) is 0 Å². The van der Waals surface area contributed by atoms with E-state index in [1.807, 2.05) is 10.3 Å². The van der Waals surface area contributed by atoms with Gasteiger partial charge in [-0.15, -0.1) is 12.4 Å². The van der Waals surface area contributed by atoms with E-state index < -0.39 is 4.92 Å². The van der Waals surface area contributed by atoms with Gasteiger partial charge in [0.1, 0.15) is 0 Å². The Morgan fingerprint density at radius 2 is 2.11 bits per heavy atom. The van der Waals surface area contributed by atoms with Crippen LogP contribution in [0, 0.1) is 22.5 Å². The topological polar surface area (TPSA) is 75.5 Å². The van der Waals surface area contributed by atoms with Gasteiger partial charge in [-0.2, -0.15) is 11.3 Å². The summed E-state index contributed by atoms with van der Waals surface area (Å²) in [6.07, 6.45) is 3.26. The van der Waals surface area contributed by atoms with Crippen molar-refractivity contribution in [2.24, 2.45) is 5.41 Å². The van der Waals surface area contributed by atoms with E-state index in [0.717, 1.165) is 37.9 Å². The molecule has 28 heavy (non-hydrogen) atoms. The number of piperidine rings is 1. The van der Waals surface area contributed by atoms with E-state index in [2.05, 4.69) is 16.8 Å². The number of rotatable bonds is 5. The first-order valence-electron chi connectivity index (χ1n) is 9.28. The molecule has 8 heteroatoms. The quantitative estimate of drug-likeness (QED) is 0.580. The molecule has 6 nitrogen and oxygen atoms in total. The molecule has 0 bridgehead atoms. The molecular formula is C20H24ClN3O3S.